The molecule has 0 spiro atoms. The van der Waals surface area contributed by atoms with E-state index >= 15 is 0 Å². The van der Waals surface area contributed by atoms with Crippen LogP contribution in [-0.2, 0) is 12.8 Å². The van der Waals surface area contributed by atoms with Crippen LogP contribution in [0.5, 0.6) is 0 Å². The Bertz CT molecular complexity index is 506. The number of rotatable bonds is 5. The monoisotopic (exact) mass is 306 g/mol. The Labute approximate surface area is 131 Å². The molecule has 2 heterocycles. The largest absolute Gasteiger partial charge is 0.360 e. The molecule has 1 saturated heterocycles. The van der Waals surface area contributed by atoms with Gasteiger partial charge in [-0.05, 0) is 39.3 Å². The molecule has 1 aromatic heterocycles. The Balaban J connectivity index is 1.40. The van der Waals surface area contributed by atoms with E-state index < -0.39 is 0 Å². The standard InChI is InChI=1S/C16H26N4O2/c1-19-9-11-20(12-10-19)8-4-7-17-16(21)15-13-5-2-3-6-14(13)22-18-15/h2-12H2,1H3,(H,17,21). The van der Waals surface area contributed by atoms with E-state index in [0.29, 0.717) is 12.2 Å². The van der Waals surface area contributed by atoms with E-state index in [9.17, 15) is 4.79 Å². The number of hydrogen-bond donors (Lipinski definition) is 1. The predicted molar refractivity (Wildman–Crippen MR) is 84.0 cm³/mol. The van der Waals surface area contributed by atoms with E-state index in [-0.39, 0.29) is 5.91 Å². The zero-order valence-corrected chi connectivity index (χ0v) is 13.4. The van der Waals surface area contributed by atoms with Gasteiger partial charge in [0.25, 0.3) is 5.91 Å². The van der Waals surface area contributed by atoms with Crippen LogP contribution in [0.3, 0.4) is 0 Å². The van der Waals surface area contributed by atoms with Gasteiger partial charge in [-0.25, -0.2) is 0 Å². The molecule has 1 aliphatic heterocycles. The van der Waals surface area contributed by atoms with Crippen molar-refractivity contribution >= 4 is 5.91 Å². The summed E-state index contributed by atoms with van der Waals surface area (Å²) < 4.78 is 5.30. The highest BCUT2D eigenvalue weighted by Crippen LogP contribution is 2.23. The number of nitrogens with one attached hydrogen (secondary N) is 1. The van der Waals surface area contributed by atoms with Crippen LogP contribution in [0.15, 0.2) is 4.52 Å². The highest BCUT2D eigenvalue weighted by Gasteiger charge is 2.23. The summed E-state index contributed by atoms with van der Waals surface area (Å²) in [5, 5.41) is 6.96. The fourth-order valence-corrected chi connectivity index (χ4v) is 3.22. The Hall–Kier alpha value is -1.40. The summed E-state index contributed by atoms with van der Waals surface area (Å²) in [7, 11) is 2.16. The summed E-state index contributed by atoms with van der Waals surface area (Å²) in [4.78, 5) is 17.0. The van der Waals surface area contributed by atoms with Crippen molar-refractivity contribution in [2.75, 3.05) is 46.3 Å². The maximum atomic E-state index is 12.2. The lowest BCUT2D eigenvalue weighted by Gasteiger charge is -2.32. The van der Waals surface area contributed by atoms with E-state index in [1.54, 1.807) is 0 Å². The van der Waals surface area contributed by atoms with Crippen LogP contribution in [0.4, 0.5) is 0 Å². The lowest BCUT2D eigenvalue weighted by molar-refractivity contribution is 0.0939. The van der Waals surface area contributed by atoms with Crippen molar-refractivity contribution < 1.29 is 9.32 Å². The van der Waals surface area contributed by atoms with Crippen molar-refractivity contribution in [2.24, 2.45) is 0 Å². The molecule has 0 aromatic carbocycles. The number of amides is 1. The van der Waals surface area contributed by atoms with E-state index in [1.165, 1.54) is 0 Å². The van der Waals surface area contributed by atoms with Gasteiger partial charge in [-0.3, -0.25) is 4.79 Å². The molecule has 122 valence electrons. The molecule has 0 bridgehead atoms. The second kappa shape index (κ2) is 7.24. The van der Waals surface area contributed by atoms with Crippen LogP contribution in [0.1, 0.15) is 41.1 Å². The quantitative estimate of drug-likeness (QED) is 0.820. The zero-order valence-electron chi connectivity index (χ0n) is 13.4. The Morgan fingerprint density at radius 3 is 2.82 bits per heavy atom. The number of aromatic nitrogens is 1. The summed E-state index contributed by atoms with van der Waals surface area (Å²) in [6, 6.07) is 0. The molecule has 1 N–H and O–H groups in total. The lowest BCUT2D eigenvalue weighted by Crippen LogP contribution is -2.45. The molecular formula is C16H26N4O2. The normalized spacial score (nSPS) is 19.9. The summed E-state index contributed by atoms with van der Waals surface area (Å²) in [5.41, 5.74) is 1.54. The first kappa shape index (κ1) is 15.5. The van der Waals surface area contributed by atoms with E-state index in [0.717, 1.165) is 76.2 Å². The lowest BCUT2D eigenvalue weighted by atomic mass is 9.96. The van der Waals surface area contributed by atoms with Crippen LogP contribution in [0.25, 0.3) is 0 Å². The first-order valence-electron chi connectivity index (χ1n) is 8.40. The Kier molecular flexibility index (Phi) is 5.10. The first-order valence-corrected chi connectivity index (χ1v) is 8.40. The molecule has 1 amide bonds. The number of piperazine rings is 1. The first-order chi connectivity index (χ1) is 10.7. The summed E-state index contributed by atoms with van der Waals surface area (Å²) in [6.45, 7) is 6.27. The average molecular weight is 306 g/mol. The minimum Gasteiger partial charge on any atom is -0.360 e. The molecule has 2 aliphatic rings. The predicted octanol–water partition coefficient (Wildman–Crippen LogP) is 0.921. The van der Waals surface area contributed by atoms with Crippen molar-refractivity contribution in [2.45, 2.75) is 32.1 Å². The number of carbonyl (C=O) groups is 1. The minimum absolute atomic E-state index is 0.0784. The number of nitrogens with zero attached hydrogens (tertiary/aromatic N) is 3. The van der Waals surface area contributed by atoms with Gasteiger partial charge >= 0.3 is 0 Å². The summed E-state index contributed by atoms with van der Waals surface area (Å²) in [6.07, 6.45) is 5.07. The number of hydrogen-bond acceptors (Lipinski definition) is 5. The number of aryl methyl sites for hydroxylation is 1. The third kappa shape index (κ3) is 3.67. The molecule has 0 radical (unpaired) electrons. The summed E-state index contributed by atoms with van der Waals surface area (Å²) >= 11 is 0. The molecule has 1 fully saturated rings. The van der Waals surface area contributed by atoms with Gasteiger partial charge in [0, 0.05) is 44.7 Å². The molecule has 0 atom stereocenters. The van der Waals surface area contributed by atoms with Gasteiger partial charge < -0.3 is 19.6 Å². The molecular weight excluding hydrogens is 280 g/mol. The average Bonchev–Trinajstić information content (AvgIpc) is 2.97. The fraction of sp³-hybridized carbons (Fsp3) is 0.750. The van der Waals surface area contributed by atoms with Crippen molar-refractivity contribution in [1.82, 2.24) is 20.3 Å². The SMILES string of the molecule is CN1CCN(CCCNC(=O)c2noc3c2CCCC3)CC1. The van der Waals surface area contributed by atoms with E-state index in [1.807, 2.05) is 0 Å². The highest BCUT2D eigenvalue weighted by atomic mass is 16.5. The van der Waals surface area contributed by atoms with Crippen molar-refractivity contribution in [3.05, 3.63) is 17.0 Å². The molecule has 3 rings (SSSR count). The Morgan fingerprint density at radius 1 is 1.23 bits per heavy atom. The molecule has 1 aromatic rings. The van der Waals surface area contributed by atoms with Crippen LogP contribution in [-0.4, -0.2) is 67.2 Å². The smallest absolute Gasteiger partial charge is 0.273 e. The van der Waals surface area contributed by atoms with Gasteiger partial charge in [0.05, 0.1) is 0 Å². The number of likely N-dealkylation sites (N-methyl/N-ethyl adjacent to an activating group) is 1. The van der Waals surface area contributed by atoms with Gasteiger partial charge in [-0.2, -0.15) is 0 Å². The molecule has 6 nitrogen and oxygen atoms in total. The number of carbonyl (C=O) groups excluding carboxylic acids is 1. The van der Waals surface area contributed by atoms with E-state index in [4.69, 9.17) is 4.52 Å². The number of fused-ring (bicyclic) bond motifs is 1. The minimum atomic E-state index is -0.0784. The third-order valence-corrected chi connectivity index (χ3v) is 4.70. The van der Waals surface area contributed by atoms with Crippen molar-refractivity contribution in [3.63, 3.8) is 0 Å². The fourth-order valence-electron chi connectivity index (χ4n) is 3.22. The van der Waals surface area contributed by atoms with Crippen LogP contribution >= 0.6 is 0 Å². The van der Waals surface area contributed by atoms with Gasteiger partial charge in [0.15, 0.2) is 5.69 Å². The second-order valence-corrected chi connectivity index (χ2v) is 6.39. The van der Waals surface area contributed by atoms with Gasteiger partial charge in [0.2, 0.25) is 0 Å². The van der Waals surface area contributed by atoms with Gasteiger partial charge in [-0.15, -0.1) is 0 Å². The Morgan fingerprint density at radius 2 is 2.00 bits per heavy atom. The second-order valence-electron chi connectivity index (χ2n) is 6.39. The molecule has 22 heavy (non-hydrogen) atoms. The van der Waals surface area contributed by atoms with Crippen molar-refractivity contribution in [1.29, 1.82) is 0 Å². The molecule has 0 unspecified atom stereocenters. The van der Waals surface area contributed by atoms with Crippen LogP contribution in [0, 0.1) is 0 Å². The molecule has 6 heteroatoms. The zero-order chi connectivity index (χ0) is 15.4. The maximum absolute atomic E-state index is 12.2. The maximum Gasteiger partial charge on any atom is 0.273 e. The third-order valence-electron chi connectivity index (χ3n) is 4.70. The van der Waals surface area contributed by atoms with Gasteiger partial charge in [0.1, 0.15) is 5.76 Å². The van der Waals surface area contributed by atoms with E-state index in [2.05, 4.69) is 27.3 Å². The van der Waals surface area contributed by atoms with Gasteiger partial charge in [-0.1, -0.05) is 5.16 Å². The van der Waals surface area contributed by atoms with Crippen LogP contribution < -0.4 is 5.32 Å². The van der Waals surface area contributed by atoms with Crippen LogP contribution in [0.2, 0.25) is 0 Å². The molecule has 0 saturated carbocycles. The molecule has 1 aliphatic carbocycles. The van der Waals surface area contributed by atoms with Crippen molar-refractivity contribution in [3.8, 4) is 0 Å². The topological polar surface area (TPSA) is 61.6 Å². The summed E-state index contributed by atoms with van der Waals surface area (Å²) in [5.74, 6) is 0.833. The highest BCUT2D eigenvalue weighted by molar-refractivity contribution is 5.93.